The van der Waals surface area contributed by atoms with Crippen LogP contribution in [0.15, 0.2) is 64.4 Å². The highest BCUT2D eigenvalue weighted by atomic mass is 35.5. The molecule has 1 fully saturated rings. The summed E-state index contributed by atoms with van der Waals surface area (Å²) in [5.41, 5.74) is 0.903. The standard InChI is InChI=1S/C18H20N2OS.ClH/c21-18(14-10-12-19-13-11-14)20-16-8-4-5-9-17(16)22-15-6-2-1-3-7-15;/h1-9,14,19H,10-13H2,(H,20,21);1H. The van der Waals surface area contributed by atoms with Crippen LogP contribution >= 0.6 is 24.2 Å². The third kappa shape index (κ3) is 4.99. The zero-order chi connectivity index (χ0) is 15.2. The van der Waals surface area contributed by atoms with Crippen molar-refractivity contribution in [2.75, 3.05) is 18.4 Å². The summed E-state index contributed by atoms with van der Waals surface area (Å²) in [5.74, 6) is 0.263. The molecule has 23 heavy (non-hydrogen) atoms. The number of nitrogens with one attached hydrogen (secondary N) is 2. The number of anilines is 1. The van der Waals surface area contributed by atoms with Crippen LogP contribution in [-0.2, 0) is 4.79 Å². The summed E-state index contributed by atoms with van der Waals surface area (Å²) in [6, 6.07) is 18.2. The molecule has 0 aromatic heterocycles. The average Bonchev–Trinajstić information content (AvgIpc) is 2.58. The molecule has 5 heteroatoms. The highest BCUT2D eigenvalue weighted by molar-refractivity contribution is 7.99. The van der Waals surface area contributed by atoms with E-state index in [9.17, 15) is 4.79 Å². The lowest BCUT2D eigenvalue weighted by Gasteiger charge is -2.22. The van der Waals surface area contributed by atoms with Crippen LogP contribution in [0.3, 0.4) is 0 Å². The summed E-state index contributed by atoms with van der Waals surface area (Å²) in [7, 11) is 0. The van der Waals surface area contributed by atoms with E-state index in [4.69, 9.17) is 0 Å². The van der Waals surface area contributed by atoms with Crippen molar-refractivity contribution in [3.63, 3.8) is 0 Å². The molecule has 3 nitrogen and oxygen atoms in total. The Labute approximate surface area is 147 Å². The molecule has 0 bridgehead atoms. The molecule has 1 aliphatic rings. The Morgan fingerprint density at radius 2 is 1.65 bits per heavy atom. The fraction of sp³-hybridized carbons (Fsp3) is 0.278. The third-order valence-corrected chi connectivity index (χ3v) is 4.91. The molecule has 1 aliphatic heterocycles. The average molecular weight is 349 g/mol. The Bertz CT molecular complexity index is 630. The van der Waals surface area contributed by atoms with Crippen LogP contribution in [0, 0.1) is 5.92 Å². The van der Waals surface area contributed by atoms with E-state index in [-0.39, 0.29) is 24.2 Å². The van der Waals surface area contributed by atoms with Crippen molar-refractivity contribution in [1.82, 2.24) is 5.32 Å². The van der Waals surface area contributed by atoms with Gasteiger partial charge in [-0.1, -0.05) is 42.1 Å². The number of carbonyl (C=O) groups excluding carboxylic acids is 1. The molecular formula is C18H21ClN2OS. The number of hydrogen-bond donors (Lipinski definition) is 2. The predicted octanol–water partition coefficient (Wildman–Crippen LogP) is 4.20. The second kappa shape index (κ2) is 8.96. The first-order valence-electron chi connectivity index (χ1n) is 7.66. The van der Waals surface area contributed by atoms with E-state index in [0.717, 1.165) is 36.5 Å². The van der Waals surface area contributed by atoms with E-state index in [1.165, 1.54) is 4.90 Å². The molecule has 0 unspecified atom stereocenters. The van der Waals surface area contributed by atoms with E-state index in [2.05, 4.69) is 28.8 Å². The lowest BCUT2D eigenvalue weighted by atomic mass is 9.97. The molecule has 0 atom stereocenters. The van der Waals surface area contributed by atoms with Crippen molar-refractivity contribution in [1.29, 1.82) is 0 Å². The number of amides is 1. The second-order valence-electron chi connectivity index (χ2n) is 5.42. The quantitative estimate of drug-likeness (QED) is 0.870. The maximum Gasteiger partial charge on any atom is 0.227 e. The number of carbonyl (C=O) groups is 1. The first kappa shape index (κ1) is 17.9. The molecule has 0 saturated carbocycles. The number of para-hydroxylation sites is 1. The number of hydrogen-bond acceptors (Lipinski definition) is 3. The smallest absolute Gasteiger partial charge is 0.227 e. The fourth-order valence-electron chi connectivity index (χ4n) is 2.59. The van der Waals surface area contributed by atoms with Gasteiger partial charge in [0.15, 0.2) is 0 Å². The van der Waals surface area contributed by atoms with Crippen LogP contribution in [0.1, 0.15) is 12.8 Å². The van der Waals surface area contributed by atoms with Crippen LogP contribution in [-0.4, -0.2) is 19.0 Å². The van der Waals surface area contributed by atoms with Crippen molar-refractivity contribution < 1.29 is 4.79 Å². The summed E-state index contributed by atoms with van der Waals surface area (Å²) >= 11 is 1.68. The Kier molecular flexibility index (Phi) is 6.96. The number of halogens is 1. The van der Waals surface area contributed by atoms with Crippen molar-refractivity contribution in [3.05, 3.63) is 54.6 Å². The topological polar surface area (TPSA) is 41.1 Å². The fourth-order valence-corrected chi connectivity index (χ4v) is 3.52. The maximum absolute atomic E-state index is 12.4. The summed E-state index contributed by atoms with van der Waals surface area (Å²) < 4.78 is 0. The van der Waals surface area contributed by atoms with Gasteiger partial charge in [0.2, 0.25) is 5.91 Å². The molecule has 2 aromatic rings. The molecule has 2 aromatic carbocycles. The third-order valence-electron chi connectivity index (χ3n) is 3.83. The van der Waals surface area contributed by atoms with Gasteiger partial charge >= 0.3 is 0 Å². The van der Waals surface area contributed by atoms with Crippen LogP contribution < -0.4 is 10.6 Å². The van der Waals surface area contributed by atoms with Gasteiger partial charge < -0.3 is 10.6 Å². The van der Waals surface area contributed by atoms with E-state index in [1.54, 1.807) is 11.8 Å². The van der Waals surface area contributed by atoms with Gasteiger partial charge in [0.1, 0.15) is 0 Å². The Balaban J connectivity index is 0.00000192. The second-order valence-corrected chi connectivity index (χ2v) is 6.54. The lowest BCUT2D eigenvalue weighted by Crippen LogP contribution is -2.34. The van der Waals surface area contributed by atoms with Crippen molar-refractivity contribution >= 4 is 35.8 Å². The molecular weight excluding hydrogens is 328 g/mol. The largest absolute Gasteiger partial charge is 0.325 e. The molecule has 1 saturated heterocycles. The molecule has 3 rings (SSSR count). The van der Waals surface area contributed by atoms with Crippen LogP contribution in [0.25, 0.3) is 0 Å². The SMILES string of the molecule is Cl.O=C(Nc1ccccc1Sc1ccccc1)C1CCNCC1. The molecule has 0 radical (unpaired) electrons. The number of rotatable bonds is 4. The van der Waals surface area contributed by atoms with Gasteiger partial charge in [-0.15, -0.1) is 12.4 Å². The molecule has 122 valence electrons. The highest BCUT2D eigenvalue weighted by Crippen LogP contribution is 2.33. The van der Waals surface area contributed by atoms with Gasteiger partial charge in [-0.2, -0.15) is 0 Å². The van der Waals surface area contributed by atoms with Crippen LogP contribution in [0.2, 0.25) is 0 Å². The monoisotopic (exact) mass is 348 g/mol. The van der Waals surface area contributed by atoms with Gasteiger partial charge in [0, 0.05) is 15.7 Å². The van der Waals surface area contributed by atoms with Crippen molar-refractivity contribution in [3.8, 4) is 0 Å². The van der Waals surface area contributed by atoms with E-state index < -0.39 is 0 Å². The Morgan fingerprint density at radius 1 is 1.00 bits per heavy atom. The van der Waals surface area contributed by atoms with E-state index in [1.807, 2.05) is 36.4 Å². The minimum atomic E-state index is 0. The molecule has 0 aliphatic carbocycles. The van der Waals surface area contributed by atoms with Crippen molar-refractivity contribution in [2.45, 2.75) is 22.6 Å². The molecule has 0 spiro atoms. The van der Waals surface area contributed by atoms with Gasteiger partial charge in [0.25, 0.3) is 0 Å². The van der Waals surface area contributed by atoms with Crippen LogP contribution in [0.5, 0.6) is 0 Å². The zero-order valence-corrected chi connectivity index (χ0v) is 14.5. The predicted molar refractivity (Wildman–Crippen MR) is 98.5 cm³/mol. The lowest BCUT2D eigenvalue weighted by molar-refractivity contribution is -0.120. The van der Waals surface area contributed by atoms with E-state index >= 15 is 0 Å². The number of benzene rings is 2. The zero-order valence-electron chi connectivity index (χ0n) is 12.8. The van der Waals surface area contributed by atoms with Gasteiger partial charge in [-0.25, -0.2) is 0 Å². The van der Waals surface area contributed by atoms with Gasteiger partial charge in [-0.05, 0) is 50.2 Å². The Hall–Kier alpha value is -1.49. The molecule has 2 N–H and O–H groups in total. The highest BCUT2D eigenvalue weighted by Gasteiger charge is 2.21. The Morgan fingerprint density at radius 3 is 2.39 bits per heavy atom. The maximum atomic E-state index is 12.4. The molecule has 1 amide bonds. The minimum absolute atomic E-state index is 0. The summed E-state index contributed by atoms with van der Waals surface area (Å²) in [5, 5.41) is 6.41. The van der Waals surface area contributed by atoms with Gasteiger partial charge in [0.05, 0.1) is 5.69 Å². The van der Waals surface area contributed by atoms with Crippen molar-refractivity contribution in [2.24, 2.45) is 5.92 Å². The van der Waals surface area contributed by atoms with Gasteiger partial charge in [-0.3, -0.25) is 4.79 Å². The number of piperidine rings is 1. The first-order valence-corrected chi connectivity index (χ1v) is 8.48. The minimum Gasteiger partial charge on any atom is -0.325 e. The summed E-state index contributed by atoms with van der Waals surface area (Å²) in [6.07, 6.45) is 1.83. The summed E-state index contributed by atoms with van der Waals surface area (Å²) in [4.78, 5) is 14.7. The molecule has 1 heterocycles. The van der Waals surface area contributed by atoms with Crippen LogP contribution in [0.4, 0.5) is 5.69 Å². The van der Waals surface area contributed by atoms with E-state index in [0.29, 0.717) is 0 Å². The summed E-state index contributed by atoms with van der Waals surface area (Å²) in [6.45, 7) is 1.86. The normalized spacial score (nSPS) is 14.8. The first-order chi connectivity index (χ1) is 10.8.